The maximum atomic E-state index is 13.0. The van der Waals surface area contributed by atoms with Gasteiger partial charge in [-0.1, -0.05) is 30.3 Å². The van der Waals surface area contributed by atoms with Crippen molar-refractivity contribution in [3.8, 4) is 0 Å². The van der Waals surface area contributed by atoms with Crippen LogP contribution in [0.2, 0.25) is 0 Å². The number of nitrogens with one attached hydrogen (secondary N) is 2. The number of likely N-dealkylation sites (tertiary alicyclic amines) is 1. The van der Waals surface area contributed by atoms with Gasteiger partial charge in [-0.15, -0.1) is 0 Å². The Kier molecular flexibility index (Phi) is 7.06. The predicted octanol–water partition coefficient (Wildman–Crippen LogP) is 2.64. The highest BCUT2D eigenvalue weighted by Crippen LogP contribution is 2.25. The molecule has 1 saturated heterocycles. The second-order valence-electron chi connectivity index (χ2n) is 8.89. The average molecular weight is 464 g/mol. The van der Waals surface area contributed by atoms with Crippen molar-refractivity contribution >= 4 is 32.8 Å². The van der Waals surface area contributed by atoms with Gasteiger partial charge in [-0.05, 0) is 62.4 Å². The molecule has 0 aliphatic carbocycles. The summed E-state index contributed by atoms with van der Waals surface area (Å²) in [6.45, 7) is 5.96. The lowest BCUT2D eigenvalue weighted by atomic mass is 9.89. The SMILES string of the molecule is CC(C)(C)OC(=O)N1CCC(C(NS(=O)(=O)c2ccc3ccccc3c2)C(=O)NO)CC1. The van der Waals surface area contributed by atoms with Gasteiger partial charge in [-0.2, -0.15) is 4.72 Å². The van der Waals surface area contributed by atoms with Gasteiger partial charge in [0.2, 0.25) is 10.0 Å². The topological polar surface area (TPSA) is 125 Å². The van der Waals surface area contributed by atoms with Gasteiger partial charge in [-0.25, -0.2) is 18.7 Å². The van der Waals surface area contributed by atoms with Crippen molar-refractivity contribution in [2.24, 2.45) is 5.92 Å². The molecule has 1 atom stereocenters. The van der Waals surface area contributed by atoms with Crippen LogP contribution in [0, 0.1) is 5.92 Å². The van der Waals surface area contributed by atoms with Crippen LogP contribution in [0.3, 0.4) is 0 Å². The van der Waals surface area contributed by atoms with Crippen LogP contribution in [0.15, 0.2) is 47.4 Å². The lowest BCUT2D eigenvalue weighted by Gasteiger charge is -2.36. The number of fused-ring (bicyclic) bond motifs is 1. The molecule has 1 aliphatic heterocycles. The van der Waals surface area contributed by atoms with E-state index in [2.05, 4.69) is 4.72 Å². The van der Waals surface area contributed by atoms with Crippen LogP contribution in [0.25, 0.3) is 10.8 Å². The van der Waals surface area contributed by atoms with Crippen LogP contribution in [-0.4, -0.2) is 55.3 Å². The molecule has 1 aliphatic rings. The van der Waals surface area contributed by atoms with E-state index in [1.165, 1.54) is 17.0 Å². The zero-order valence-electron chi connectivity index (χ0n) is 18.4. The third kappa shape index (κ3) is 5.76. The standard InChI is InChI=1S/C22H29N3O6S/c1-22(2,3)31-21(27)25-12-10-16(11-13-25)19(20(26)23-28)24-32(29,30)18-9-8-15-6-4-5-7-17(15)14-18/h4-9,14,16,19,24,28H,10-13H2,1-3H3,(H,23,26). The van der Waals surface area contributed by atoms with Gasteiger partial charge >= 0.3 is 6.09 Å². The van der Waals surface area contributed by atoms with Crippen LogP contribution in [-0.2, 0) is 19.6 Å². The van der Waals surface area contributed by atoms with Crippen LogP contribution in [0.1, 0.15) is 33.6 Å². The van der Waals surface area contributed by atoms with Gasteiger partial charge < -0.3 is 9.64 Å². The summed E-state index contributed by atoms with van der Waals surface area (Å²) < 4.78 is 33.9. The lowest BCUT2D eigenvalue weighted by Crippen LogP contribution is -2.53. The van der Waals surface area contributed by atoms with Gasteiger partial charge in [0.15, 0.2) is 0 Å². The van der Waals surface area contributed by atoms with Gasteiger partial charge in [0.1, 0.15) is 11.6 Å². The minimum absolute atomic E-state index is 0.0260. The predicted molar refractivity (Wildman–Crippen MR) is 119 cm³/mol. The Bertz CT molecular complexity index is 1090. The summed E-state index contributed by atoms with van der Waals surface area (Å²) in [6.07, 6.45) is 0.297. The molecule has 3 N–H and O–H groups in total. The number of rotatable bonds is 5. The van der Waals surface area contributed by atoms with Crippen molar-refractivity contribution in [1.82, 2.24) is 15.1 Å². The van der Waals surface area contributed by atoms with E-state index >= 15 is 0 Å². The fourth-order valence-corrected chi connectivity index (χ4v) is 5.04. The Morgan fingerprint density at radius 2 is 1.72 bits per heavy atom. The molecular formula is C22H29N3O6S. The Labute approximate surface area is 187 Å². The van der Waals surface area contributed by atoms with Crippen molar-refractivity contribution in [2.45, 2.75) is 50.2 Å². The Morgan fingerprint density at radius 3 is 2.31 bits per heavy atom. The van der Waals surface area contributed by atoms with E-state index in [9.17, 15) is 23.2 Å². The van der Waals surface area contributed by atoms with Crippen LogP contribution < -0.4 is 10.2 Å². The number of hydrogen-bond acceptors (Lipinski definition) is 6. The molecule has 0 radical (unpaired) electrons. The quantitative estimate of drug-likeness (QED) is 0.462. The van der Waals surface area contributed by atoms with Crippen LogP contribution in [0.5, 0.6) is 0 Å². The van der Waals surface area contributed by atoms with Crippen molar-refractivity contribution in [3.63, 3.8) is 0 Å². The van der Waals surface area contributed by atoms with Gasteiger partial charge in [-0.3, -0.25) is 10.0 Å². The minimum atomic E-state index is -4.04. The van der Waals surface area contributed by atoms with E-state index in [4.69, 9.17) is 4.74 Å². The maximum Gasteiger partial charge on any atom is 0.410 e. The van der Waals surface area contributed by atoms with E-state index in [0.29, 0.717) is 25.9 Å². The molecule has 9 nitrogen and oxygen atoms in total. The molecule has 3 rings (SSSR count). The summed E-state index contributed by atoms with van der Waals surface area (Å²) in [5.74, 6) is -1.25. The number of hydrogen-bond donors (Lipinski definition) is 3. The lowest BCUT2D eigenvalue weighted by molar-refractivity contribution is -0.132. The third-order valence-corrected chi connectivity index (χ3v) is 6.81. The monoisotopic (exact) mass is 463 g/mol. The number of hydroxylamine groups is 1. The van der Waals surface area contributed by atoms with Gasteiger partial charge in [0, 0.05) is 13.1 Å². The second-order valence-corrected chi connectivity index (χ2v) is 10.6. The number of sulfonamides is 1. The van der Waals surface area contributed by atoms with E-state index < -0.39 is 39.6 Å². The first-order chi connectivity index (χ1) is 15.0. The van der Waals surface area contributed by atoms with Crippen LogP contribution >= 0.6 is 0 Å². The van der Waals surface area contributed by atoms with Crippen molar-refractivity contribution in [1.29, 1.82) is 0 Å². The molecular weight excluding hydrogens is 434 g/mol. The summed E-state index contributed by atoms with van der Waals surface area (Å²) in [5, 5.41) is 10.8. The van der Waals surface area contributed by atoms with Gasteiger partial charge in [0.05, 0.1) is 4.90 Å². The average Bonchev–Trinajstić information content (AvgIpc) is 2.75. The highest BCUT2D eigenvalue weighted by molar-refractivity contribution is 7.89. The van der Waals surface area contributed by atoms with E-state index in [0.717, 1.165) is 10.8 Å². The summed E-state index contributed by atoms with van der Waals surface area (Å²) in [7, 11) is -4.04. The minimum Gasteiger partial charge on any atom is -0.444 e. The molecule has 32 heavy (non-hydrogen) atoms. The number of carbonyl (C=O) groups excluding carboxylic acids is 2. The molecule has 0 saturated carbocycles. The molecule has 2 amide bonds. The molecule has 1 heterocycles. The molecule has 0 spiro atoms. The molecule has 174 valence electrons. The largest absolute Gasteiger partial charge is 0.444 e. The smallest absolute Gasteiger partial charge is 0.410 e. The van der Waals surface area contributed by atoms with E-state index in [-0.39, 0.29) is 4.90 Å². The number of benzene rings is 2. The fourth-order valence-electron chi connectivity index (χ4n) is 3.74. The second kappa shape index (κ2) is 9.43. The number of carbonyl (C=O) groups is 2. The Morgan fingerprint density at radius 1 is 1.09 bits per heavy atom. The zero-order valence-corrected chi connectivity index (χ0v) is 19.2. The van der Waals surface area contributed by atoms with Crippen LogP contribution in [0.4, 0.5) is 4.79 Å². The van der Waals surface area contributed by atoms with Crippen molar-refractivity contribution < 1.29 is 28.0 Å². The maximum absolute atomic E-state index is 13.0. The Balaban J connectivity index is 1.74. The molecule has 0 bridgehead atoms. The summed E-state index contributed by atoms with van der Waals surface area (Å²) in [4.78, 5) is 26.2. The number of piperidine rings is 1. The van der Waals surface area contributed by atoms with Crippen molar-refractivity contribution in [3.05, 3.63) is 42.5 Å². The summed E-state index contributed by atoms with van der Waals surface area (Å²) in [5.41, 5.74) is 0.938. The summed E-state index contributed by atoms with van der Waals surface area (Å²) in [6, 6.07) is 10.9. The first kappa shape index (κ1) is 24.0. The first-order valence-corrected chi connectivity index (χ1v) is 11.9. The molecule has 2 aromatic carbocycles. The molecule has 1 fully saturated rings. The van der Waals surface area contributed by atoms with Gasteiger partial charge in [0.25, 0.3) is 5.91 Å². The summed E-state index contributed by atoms with van der Waals surface area (Å²) >= 11 is 0. The molecule has 0 aromatic heterocycles. The number of nitrogens with zero attached hydrogens (tertiary/aromatic N) is 1. The Hall–Kier alpha value is -2.69. The van der Waals surface area contributed by atoms with E-state index in [1.54, 1.807) is 38.4 Å². The highest BCUT2D eigenvalue weighted by atomic mass is 32.2. The molecule has 10 heteroatoms. The van der Waals surface area contributed by atoms with E-state index in [1.807, 2.05) is 18.2 Å². The first-order valence-electron chi connectivity index (χ1n) is 10.4. The van der Waals surface area contributed by atoms with Crippen molar-refractivity contribution in [2.75, 3.05) is 13.1 Å². The molecule has 1 unspecified atom stereocenters. The normalized spacial score (nSPS) is 16.6. The fraction of sp³-hybridized carbons (Fsp3) is 0.455. The molecule has 2 aromatic rings. The number of amides is 2. The number of ether oxygens (including phenoxy) is 1. The zero-order chi connectivity index (χ0) is 23.5. The highest BCUT2D eigenvalue weighted by Gasteiger charge is 2.36. The third-order valence-electron chi connectivity index (χ3n) is 5.37.